The zero-order valence-corrected chi connectivity index (χ0v) is 9.97. The van der Waals surface area contributed by atoms with Crippen LogP contribution in [0.25, 0.3) is 0 Å². The summed E-state index contributed by atoms with van der Waals surface area (Å²) in [6.07, 6.45) is 9.06. The molecule has 1 aliphatic carbocycles. The maximum absolute atomic E-state index is 3.90. The average Bonchev–Trinajstić information content (AvgIpc) is 2.26. The molecule has 2 fully saturated rings. The summed E-state index contributed by atoms with van der Waals surface area (Å²) in [6.45, 7) is 9.61. The number of piperazine rings is 1. The van der Waals surface area contributed by atoms with Crippen LogP contribution >= 0.6 is 0 Å². The maximum atomic E-state index is 3.90. The van der Waals surface area contributed by atoms with E-state index in [0.717, 1.165) is 6.54 Å². The van der Waals surface area contributed by atoms with Crippen molar-refractivity contribution in [2.75, 3.05) is 19.6 Å². The van der Waals surface area contributed by atoms with Crippen LogP contribution in [-0.4, -0.2) is 36.1 Å². The van der Waals surface area contributed by atoms with Crippen molar-refractivity contribution in [3.05, 3.63) is 12.7 Å². The minimum atomic E-state index is 0.457. The number of hydrogen-bond acceptors (Lipinski definition) is 2. The maximum Gasteiger partial charge on any atom is 0.0338 e. The van der Waals surface area contributed by atoms with Gasteiger partial charge in [-0.1, -0.05) is 25.3 Å². The fourth-order valence-electron chi connectivity index (χ4n) is 3.19. The highest BCUT2D eigenvalue weighted by molar-refractivity contribution is 5.01. The van der Waals surface area contributed by atoms with Crippen molar-refractivity contribution in [1.29, 1.82) is 0 Å². The van der Waals surface area contributed by atoms with Crippen molar-refractivity contribution in [1.82, 2.24) is 10.2 Å². The lowest BCUT2D eigenvalue weighted by atomic mass is 9.78. The second-order valence-corrected chi connectivity index (χ2v) is 5.26. The van der Waals surface area contributed by atoms with Crippen LogP contribution in [0.3, 0.4) is 0 Å². The van der Waals surface area contributed by atoms with Gasteiger partial charge in [0.1, 0.15) is 0 Å². The van der Waals surface area contributed by atoms with Gasteiger partial charge in [-0.3, -0.25) is 4.90 Å². The molecule has 0 bridgehead atoms. The Morgan fingerprint density at radius 3 is 2.80 bits per heavy atom. The summed E-state index contributed by atoms with van der Waals surface area (Å²) >= 11 is 0. The van der Waals surface area contributed by atoms with E-state index in [0.29, 0.717) is 11.6 Å². The molecular formula is C13H24N2. The van der Waals surface area contributed by atoms with Crippen LogP contribution < -0.4 is 5.32 Å². The smallest absolute Gasteiger partial charge is 0.0338 e. The van der Waals surface area contributed by atoms with Gasteiger partial charge in [-0.05, 0) is 19.8 Å². The normalized spacial score (nSPS) is 31.7. The quantitative estimate of drug-likeness (QED) is 0.700. The Hall–Kier alpha value is -0.340. The van der Waals surface area contributed by atoms with E-state index in [1.807, 2.05) is 0 Å². The number of nitrogens with one attached hydrogen (secondary N) is 1. The van der Waals surface area contributed by atoms with Crippen molar-refractivity contribution in [3.8, 4) is 0 Å². The fourth-order valence-corrected chi connectivity index (χ4v) is 3.19. The van der Waals surface area contributed by atoms with Crippen LogP contribution in [0.5, 0.6) is 0 Å². The summed E-state index contributed by atoms with van der Waals surface area (Å²) in [7, 11) is 0. The third-order valence-electron chi connectivity index (χ3n) is 4.08. The molecule has 1 N–H and O–H groups in total. The molecule has 1 unspecified atom stereocenters. The van der Waals surface area contributed by atoms with E-state index in [2.05, 4.69) is 29.8 Å². The molecule has 2 aliphatic rings. The zero-order valence-electron chi connectivity index (χ0n) is 9.97. The van der Waals surface area contributed by atoms with E-state index in [-0.39, 0.29) is 0 Å². The third-order valence-corrected chi connectivity index (χ3v) is 4.08. The van der Waals surface area contributed by atoms with Crippen LogP contribution in [-0.2, 0) is 0 Å². The molecule has 1 saturated carbocycles. The van der Waals surface area contributed by atoms with E-state index in [9.17, 15) is 0 Å². The first-order valence-electron chi connectivity index (χ1n) is 6.36. The van der Waals surface area contributed by atoms with Crippen molar-refractivity contribution < 1.29 is 0 Å². The highest BCUT2D eigenvalue weighted by Gasteiger charge is 2.40. The number of rotatable bonds is 2. The van der Waals surface area contributed by atoms with E-state index in [4.69, 9.17) is 0 Å². The van der Waals surface area contributed by atoms with E-state index in [1.165, 1.54) is 45.2 Å². The Labute approximate surface area is 93.7 Å². The lowest BCUT2D eigenvalue weighted by Crippen LogP contribution is -2.64. The van der Waals surface area contributed by atoms with Crippen molar-refractivity contribution >= 4 is 0 Å². The van der Waals surface area contributed by atoms with Gasteiger partial charge in [0.25, 0.3) is 0 Å². The Bertz CT molecular complexity index is 219. The second-order valence-electron chi connectivity index (χ2n) is 5.26. The topological polar surface area (TPSA) is 15.3 Å². The summed E-state index contributed by atoms with van der Waals surface area (Å²) in [6, 6.07) is 0.637. The molecule has 0 aromatic heterocycles. The summed E-state index contributed by atoms with van der Waals surface area (Å²) in [5.41, 5.74) is 0.457. The molecular weight excluding hydrogens is 184 g/mol. The minimum Gasteiger partial charge on any atom is -0.311 e. The van der Waals surface area contributed by atoms with Gasteiger partial charge in [-0.15, -0.1) is 6.58 Å². The molecule has 2 rings (SSSR count). The first-order chi connectivity index (χ1) is 7.27. The predicted octanol–water partition coefficient (Wildman–Crippen LogP) is 2.17. The highest BCUT2D eigenvalue weighted by atomic mass is 15.3. The molecule has 2 heteroatoms. The minimum absolute atomic E-state index is 0.457. The molecule has 2 nitrogen and oxygen atoms in total. The molecule has 1 spiro atoms. The van der Waals surface area contributed by atoms with Crippen molar-refractivity contribution in [2.45, 2.75) is 50.6 Å². The standard InChI is InChI=1S/C13H24N2/c1-3-9-15-10-12(2)14-11-13(15)7-5-4-6-8-13/h3,12,14H,1,4-11H2,2H3. The molecule has 1 heterocycles. The lowest BCUT2D eigenvalue weighted by molar-refractivity contribution is 0.0225. The number of nitrogens with zero attached hydrogens (tertiary/aromatic N) is 1. The average molecular weight is 208 g/mol. The molecule has 0 amide bonds. The molecule has 0 radical (unpaired) electrons. The fraction of sp³-hybridized carbons (Fsp3) is 0.846. The zero-order chi connectivity index (χ0) is 10.7. The first kappa shape index (κ1) is 11.2. The van der Waals surface area contributed by atoms with Crippen LogP contribution in [0.4, 0.5) is 0 Å². The Kier molecular flexibility index (Phi) is 3.47. The third kappa shape index (κ3) is 2.26. The molecule has 15 heavy (non-hydrogen) atoms. The lowest BCUT2D eigenvalue weighted by Gasteiger charge is -2.51. The van der Waals surface area contributed by atoms with Gasteiger partial charge >= 0.3 is 0 Å². The molecule has 0 aromatic rings. The van der Waals surface area contributed by atoms with Gasteiger partial charge in [0.05, 0.1) is 0 Å². The summed E-state index contributed by atoms with van der Waals surface area (Å²) in [4.78, 5) is 2.67. The van der Waals surface area contributed by atoms with Crippen LogP contribution in [0, 0.1) is 0 Å². The summed E-state index contributed by atoms with van der Waals surface area (Å²) in [5.74, 6) is 0. The van der Waals surface area contributed by atoms with E-state index in [1.54, 1.807) is 0 Å². The van der Waals surface area contributed by atoms with Gasteiger partial charge in [0.15, 0.2) is 0 Å². The van der Waals surface area contributed by atoms with Crippen molar-refractivity contribution in [3.63, 3.8) is 0 Å². The van der Waals surface area contributed by atoms with Gasteiger partial charge in [-0.2, -0.15) is 0 Å². The Morgan fingerprint density at radius 1 is 1.40 bits per heavy atom. The van der Waals surface area contributed by atoms with Crippen molar-refractivity contribution in [2.24, 2.45) is 0 Å². The Morgan fingerprint density at radius 2 is 2.13 bits per heavy atom. The highest BCUT2D eigenvalue weighted by Crippen LogP contribution is 2.35. The summed E-state index contributed by atoms with van der Waals surface area (Å²) in [5, 5.41) is 3.65. The first-order valence-corrected chi connectivity index (χ1v) is 6.36. The Balaban J connectivity index is 2.08. The van der Waals surface area contributed by atoms with Gasteiger partial charge in [-0.25, -0.2) is 0 Å². The molecule has 1 saturated heterocycles. The van der Waals surface area contributed by atoms with Crippen LogP contribution in [0.15, 0.2) is 12.7 Å². The predicted molar refractivity (Wildman–Crippen MR) is 65.1 cm³/mol. The van der Waals surface area contributed by atoms with Crippen LogP contribution in [0.2, 0.25) is 0 Å². The SMILES string of the molecule is C=CCN1CC(C)NCC12CCCCC2. The van der Waals surface area contributed by atoms with Gasteiger partial charge in [0, 0.05) is 31.2 Å². The number of hydrogen-bond donors (Lipinski definition) is 1. The van der Waals surface area contributed by atoms with Gasteiger partial charge in [0.2, 0.25) is 0 Å². The molecule has 86 valence electrons. The van der Waals surface area contributed by atoms with E-state index >= 15 is 0 Å². The molecule has 1 aliphatic heterocycles. The largest absolute Gasteiger partial charge is 0.311 e. The molecule has 0 aromatic carbocycles. The summed E-state index contributed by atoms with van der Waals surface area (Å²) < 4.78 is 0. The second kappa shape index (κ2) is 4.67. The van der Waals surface area contributed by atoms with Crippen LogP contribution in [0.1, 0.15) is 39.0 Å². The monoisotopic (exact) mass is 208 g/mol. The van der Waals surface area contributed by atoms with Gasteiger partial charge < -0.3 is 5.32 Å². The molecule has 1 atom stereocenters. The van der Waals surface area contributed by atoms with E-state index < -0.39 is 0 Å².